The Balaban J connectivity index is 1.54. The topological polar surface area (TPSA) is 45.9 Å². The van der Waals surface area contributed by atoms with E-state index < -0.39 is 0 Å². The van der Waals surface area contributed by atoms with Gasteiger partial charge in [-0.1, -0.05) is 60.7 Å². The molecule has 5 nitrogen and oxygen atoms in total. The van der Waals surface area contributed by atoms with Crippen molar-refractivity contribution in [2.45, 2.75) is 18.9 Å². The first-order chi connectivity index (χ1) is 15.3. The molecule has 1 aliphatic heterocycles. The molecule has 1 aromatic heterocycles. The van der Waals surface area contributed by atoms with E-state index in [-0.39, 0.29) is 11.8 Å². The maximum atomic E-state index is 13.9. The van der Waals surface area contributed by atoms with Gasteiger partial charge in [0.1, 0.15) is 5.76 Å². The van der Waals surface area contributed by atoms with Crippen LogP contribution in [-0.4, -0.2) is 55.1 Å². The molecule has 1 saturated heterocycles. The molecular weight excluding hydrogens is 388 g/mol. The third kappa shape index (κ3) is 5.84. The number of furan rings is 1. The Morgan fingerprint density at radius 1 is 0.903 bits per heavy atom. The molecule has 0 unspecified atom stereocenters. The van der Waals surface area contributed by atoms with Gasteiger partial charge >= 0.3 is 0 Å². The summed E-state index contributed by atoms with van der Waals surface area (Å²) >= 11 is 0. The Morgan fingerprint density at radius 2 is 1.55 bits per heavy atom. The second-order valence-electron chi connectivity index (χ2n) is 7.90. The van der Waals surface area contributed by atoms with E-state index in [4.69, 9.17) is 9.15 Å². The number of carbonyl (C=O) groups excluding carboxylic acids is 1. The van der Waals surface area contributed by atoms with Gasteiger partial charge in [-0.25, -0.2) is 0 Å². The number of nitrogens with zero attached hydrogens (tertiary/aromatic N) is 2. The first kappa shape index (κ1) is 21.3. The van der Waals surface area contributed by atoms with Crippen LogP contribution in [0.4, 0.5) is 0 Å². The van der Waals surface area contributed by atoms with Crippen LogP contribution >= 0.6 is 0 Å². The molecule has 31 heavy (non-hydrogen) atoms. The Morgan fingerprint density at radius 3 is 2.13 bits per heavy atom. The molecule has 0 radical (unpaired) electrons. The molecule has 2 heterocycles. The maximum absolute atomic E-state index is 13.9. The van der Waals surface area contributed by atoms with Gasteiger partial charge in [0.05, 0.1) is 31.9 Å². The van der Waals surface area contributed by atoms with Crippen LogP contribution in [0.25, 0.3) is 0 Å². The first-order valence-corrected chi connectivity index (χ1v) is 11.0. The monoisotopic (exact) mass is 418 g/mol. The lowest BCUT2D eigenvalue weighted by atomic mass is 9.90. The van der Waals surface area contributed by atoms with Crippen molar-refractivity contribution in [1.29, 1.82) is 0 Å². The van der Waals surface area contributed by atoms with Gasteiger partial charge in [0.2, 0.25) is 5.91 Å². The van der Waals surface area contributed by atoms with E-state index in [1.165, 1.54) is 0 Å². The lowest BCUT2D eigenvalue weighted by Gasteiger charge is -2.30. The molecular formula is C26H30N2O3. The van der Waals surface area contributed by atoms with Gasteiger partial charge in [-0.15, -0.1) is 0 Å². The Labute approximate surface area is 184 Å². The van der Waals surface area contributed by atoms with Crippen molar-refractivity contribution in [1.82, 2.24) is 9.80 Å². The SMILES string of the molecule is O=C(C(c1ccccc1)c1ccccc1)N(CCCN1CCOCC1)Cc1ccco1. The molecule has 0 saturated carbocycles. The Bertz CT molecular complexity index is 867. The molecule has 0 N–H and O–H groups in total. The summed E-state index contributed by atoms with van der Waals surface area (Å²) in [4.78, 5) is 18.3. The lowest BCUT2D eigenvalue weighted by Crippen LogP contribution is -2.40. The van der Waals surface area contributed by atoms with Gasteiger partial charge in [-0.2, -0.15) is 0 Å². The van der Waals surface area contributed by atoms with Gasteiger partial charge in [-0.3, -0.25) is 9.69 Å². The largest absolute Gasteiger partial charge is 0.467 e. The van der Waals surface area contributed by atoms with Crippen LogP contribution in [0.5, 0.6) is 0 Å². The highest BCUT2D eigenvalue weighted by Gasteiger charge is 2.28. The molecule has 1 amide bonds. The standard InChI is InChI=1S/C26H30N2O3/c29-26(25(22-9-3-1-4-10-22)23-11-5-2-6-12-23)28(21-24-13-7-18-31-24)15-8-14-27-16-19-30-20-17-27/h1-7,9-13,18,25H,8,14-17,19-21H2. The summed E-state index contributed by atoms with van der Waals surface area (Å²) in [6.07, 6.45) is 2.58. The van der Waals surface area contributed by atoms with Crippen LogP contribution in [0.1, 0.15) is 29.2 Å². The predicted octanol–water partition coefficient (Wildman–Crippen LogP) is 4.16. The molecule has 5 heteroatoms. The first-order valence-electron chi connectivity index (χ1n) is 11.0. The lowest BCUT2D eigenvalue weighted by molar-refractivity contribution is -0.132. The molecule has 1 aliphatic rings. The van der Waals surface area contributed by atoms with Crippen molar-refractivity contribution < 1.29 is 13.9 Å². The normalized spacial score (nSPS) is 14.6. The minimum Gasteiger partial charge on any atom is -0.467 e. The second kappa shape index (κ2) is 10.9. The van der Waals surface area contributed by atoms with Crippen molar-refractivity contribution in [2.24, 2.45) is 0 Å². The smallest absolute Gasteiger partial charge is 0.234 e. The zero-order valence-corrected chi connectivity index (χ0v) is 17.9. The second-order valence-corrected chi connectivity index (χ2v) is 7.90. The molecule has 162 valence electrons. The minimum absolute atomic E-state index is 0.107. The summed E-state index contributed by atoms with van der Waals surface area (Å²) < 4.78 is 11.0. The maximum Gasteiger partial charge on any atom is 0.234 e. The van der Waals surface area contributed by atoms with Crippen LogP contribution in [0.15, 0.2) is 83.5 Å². The van der Waals surface area contributed by atoms with Crippen molar-refractivity contribution in [3.8, 4) is 0 Å². The molecule has 0 atom stereocenters. The number of hydrogen-bond donors (Lipinski definition) is 0. The minimum atomic E-state index is -0.333. The Kier molecular flexibility index (Phi) is 7.53. The van der Waals surface area contributed by atoms with E-state index in [9.17, 15) is 4.79 Å². The van der Waals surface area contributed by atoms with Crippen LogP contribution < -0.4 is 0 Å². The molecule has 0 bridgehead atoms. The zero-order valence-electron chi connectivity index (χ0n) is 17.9. The fourth-order valence-corrected chi connectivity index (χ4v) is 4.12. The summed E-state index contributed by atoms with van der Waals surface area (Å²) in [7, 11) is 0. The van der Waals surface area contributed by atoms with Gasteiger partial charge in [-0.05, 0) is 29.7 Å². The molecule has 2 aromatic carbocycles. The van der Waals surface area contributed by atoms with Crippen molar-refractivity contribution in [3.63, 3.8) is 0 Å². The van der Waals surface area contributed by atoms with Crippen molar-refractivity contribution in [2.75, 3.05) is 39.4 Å². The fourth-order valence-electron chi connectivity index (χ4n) is 4.12. The summed E-state index contributed by atoms with van der Waals surface area (Å²) in [5, 5.41) is 0. The summed E-state index contributed by atoms with van der Waals surface area (Å²) in [6, 6.07) is 23.9. The molecule has 3 aromatic rings. The highest BCUT2D eigenvalue weighted by Crippen LogP contribution is 2.27. The van der Waals surface area contributed by atoms with Crippen LogP contribution in [0, 0.1) is 0 Å². The summed E-state index contributed by atoms with van der Waals surface area (Å²) in [6.45, 7) is 5.63. The van der Waals surface area contributed by atoms with E-state index >= 15 is 0 Å². The van der Waals surface area contributed by atoms with E-state index in [2.05, 4.69) is 4.90 Å². The van der Waals surface area contributed by atoms with Crippen LogP contribution in [0.2, 0.25) is 0 Å². The van der Waals surface area contributed by atoms with Crippen molar-refractivity contribution in [3.05, 3.63) is 95.9 Å². The number of ether oxygens (including phenoxy) is 1. The highest BCUT2D eigenvalue weighted by atomic mass is 16.5. The average Bonchev–Trinajstić information content (AvgIpc) is 3.34. The number of amides is 1. The summed E-state index contributed by atoms with van der Waals surface area (Å²) in [5.41, 5.74) is 2.02. The fraction of sp³-hybridized carbons (Fsp3) is 0.346. The van der Waals surface area contributed by atoms with E-state index in [1.807, 2.05) is 77.7 Å². The summed E-state index contributed by atoms with van der Waals surface area (Å²) in [5.74, 6) is 0.580. The average molecular weight is 419 g/mol. The quantitative estimate of drug-likeness (QED) is 0.523. The van der Waals surface area contributed by atoms with Gasteiger partial charge < -0.3 is 14.1 Å². The van der Waals surface area contributed by atoms with Gasteiger partial charge in [0, 0.05) is 26.2 Å². The number of rotatable bonds is 9. The van der Waals surface area contributed by atoms with Gasteiger partial charge in [0.25, 0.3) is 0 Å². The number of benzene rings is 2. The van der Waals surface area contributed by atoms with E-state index in [0.717, 1.165) is 56.2 Å². The number of carbonyl (C=O) groups is 1. The third-order valence-corrected chi connectivity index (χ3v) is 5.76. The third-order valence-electron chi connectivity index (χ3n) is 5.76. The zero-order chi connectivity index (χ0) is 21.3. The highest BCUT2D eigenvalue weighted by molar-refractivity contribution is 5.87. The molecule has 0 spiro atoms. The molecule has 1 fully saturated rings. The van der Waals surface area contributed by atoms with E-state index in [0.29, 0.717) is 13.1 Å². The molecule has 0 aliphatic carbocycles. The van der Waals surface area contributed by atoms with Gasteiger partial charge in [0.15, 0.2) is 0 Å². The predicted molar refractivity (Wildman–Crippen MR) is 121 cm³/mol. The number of hydrogen-bond acceptors (Lipinski definition) is 4. The Hall–Kier alpha value is -2.89. The van der Waals surface area contributed by atoms with Crippen LogP contribution in [0.3, 0.4) is 0 Å². The van der Waals surface area contributed by atoms with E-state index in [1.54, 1.807) is 6.26 Å². The van der Waals surface area contributed by atoms with Crippen molar-refractivity contribution >= 4 is 5.91 Å². The van der Waals surface area contributed by atoms with Crippen LogP contribution in [-0.2, 0) is 16.1 Å². The number of morpholine rings is 1. The molecule has 4 rings (SSSR count).